The van der Waals surface area contributed by atoms with Crippen LogP contribution < -0.4 is 11.1 Å². The van der Waals surface area contributed by atoms with E-state index < -0.39 is 5.91 Å². The Morgan fingerprint density at radius 3 is 2.59 bits per heavy atom. The first-order valence-corrected chi connectivity index (χ1v) is 7.41. The first-order valence-electron chi connectivity index (χ1n) is 7.41. The molecule has 1 aliphatic rings. The van der Waals surface area contributed by atoms with Gasteiger partial charge < -0.3 is 11.1 Å². The monoisotopic (exact) mass is 294 g/mol. The number of hydrogen-bond acceptors (Lipinski definition) is 3. The Kier molecular flexibility index (Phi) is 4.02. The topological polar surface area (TPSA) is 72.2 Å². The summed E-state index contributed by atoms with van der Waals surface area (Å²) in [5.41, 5.74) is 8.15. The number of benzene rings is 2. The molecule has 4 nitrogen and oxygen atoms in total. The maximum Gasteiger partial charge on any atom is 0.248 e. The largest absolute Gasteiger partial charge is 0.366 e. The molecule has 1 saturated heterocycles. The Balaban J connectivity index is 1.95. The van der Waals surface area contributed by atoms with Crippen LogP contribution in [0, 0.1) is 0 Å². The zero-order valence-corrected chi connectivity index (χ0v) is 12.2. The molecule has 1 aliphatic heterocycles. The van der Waals surface area contributed by atoms with Crippen LogP contribution in [0.2, 0.25) is 0 Å². The lowest BCUT2D eigenvalue weighted by Gasteiger charge is -2.27. The van der Waals surface area contributed by atoms with Gasteiger partial charge in [0.25, 0.3) is 0 Å². The molecule has 3 rings (SSSR count). The summed E-state index contributed by atoms with van der Waals surface area (Å²) >= 11 is 0. The third-order valence-corrected chi connectivity index (χ3v) is 4.04. The van der Waals surface area contributed by atoms with Crippen molar-refractivity contribution in [3.8, 4) is 11.1 Å². The molecule has 1 amide bonds. The zero-order chi connectivity index (χ0) is 15.5. The van der Waals surface area contributed by atoms with Crippen molar-refractivity contribution >= 4 is 11.7 Å². The SMILES string of the molecule is NC(=O)c1cccc(-c2ccccc2C(=O)CC2CCN2)c1. The van der Waals surface area contributed by atoms with E-state index in [1.54, 1.807) is 18.2 Å². The molecule has 112 valence electrons. The van der Waals surface area contributed by atoms with Gasteiger partial charge in [0.1, 0.15) is 0 Å². The maximum absolute atomic E-state index is 12.5. The van der Waals surface area contributed by atoms with Crippen LogP contribution in [0.15, 0.2) is 48.5 Å². The maximum atomic E-state index is 12.5. The molecule has 0 bridgehead atoms. The van der Waals surface area contributed by atoms with Crippen molar-refractivity contribution in [3.05, 3.63) is 59.7 Å². The van der Waals surface area contributed by atoms with Gasteiger partial charge in [-0.1, -0.05) is 36.4 Å². The highest BCUT2D eigenvalue weighted by Crippen LogP contribution is 2.26. The normalized spacial score (nSPS) is 16.8. The van der Waals surface area contributed by atoms with Crippen LogP contribution in [0.1, 0.15) is 33.6 Å². The van der Waals surface area contributed by atoms with Gasteiger partial charge in [-0.2, -0.15) is 0 Å². The van der Waals surface area contributed by atoms with Crippen molar-refractivity contribution in [2.45, 2.75) is 18.9 Å². The van der Waals surface area contributed by atoms with Gasteiger partial charge in [0.05, 0.1) is 0 Å². The Morgan fingerprint density at radius 1 is 1.14 bits per heavy atom. The second-order valence-electron chi connectivity index (χ2n) is 5.56. The molecule has 1 heterocycles. The number of carbonyl (C=O) groups excluding carboxylic acids is 2. The summed E-state index contributed by atoms with van der Waals surface area (Å²) in [6.45, 7) is 0.986. The standard InChI is InChI=1S/C18H18N2O2/c19-18(22)13-5-3-4-12(10-13)15-6-1-2-7-16(15)17(21)11-14-8-9-20-14/h1-7,10,14,20H,8-9,11H2,(H2,19,22). The summed E-state index contributed by atoms with van der Waals surface area (Å²) < 4.78 is 0. The minimum atomic E-state index is -0.468. The van der Waals surface area contributed by atoms with Crippen molar-refractivity contribution in [1.29, 1.82) is 0 Å². The number of nitrogens with one attached hydrogen (secondary N) is 1. The van der Waals surface area contributed by atoms with E-state index in [9.17, 15) is 9.59 Å². The second-order valence-corrected chi connectivity index (χ2v) is 5.56. The molecule has 22 heavy (non-hydrogen) atoms. The van der Waals surface area contributed by atoms with Crippen LogP contribution in [0.5, 0.6) is 0 Å². The molecule has 3 N–H and O–H groups in total. The summed E-state index contributed by atoms with van der Waals surface area (Å²) in [5.74, 6) is -0.346. The smallest absolute Gasteiger partial charge is 0.248 e. The highest BCUT2D eigenvalue weighted by atomic mass is 16.1. The predicted molar refractivity (Wildman–Crippen MR) is 85.8 cm³/mol. The first-order chi connectivity index (χ1) is 10.6. The van der Waals surface area contributed by atoms with Crippen LogP contribution >= 0.6 is 0 Å². The Hall–Kier alpha value is -2.46. The van der Waals surface area contributed by atoms with Gasteiger partial charge in [0.15, 0.2) is 5.78 Å². The van der Waals surface area contributed by atoms with Crippen molar-refractivity contribution in [2.75, 3.05) is 6.54 Å². The van der Waals surface area contributed by atoms with Crippen molar-refractivity contribution in [1.82, 2.24) is 5.32 Å². The Morgan fingerprint density at radius 2 is 1.91 bits per heavy atom. The molecule has 0 saturated carbocycles. The van der Waals surface area contributed by atoms with E-state index >= 15 is 0 Å². The van der Waals surface area contributed by atoms with Crippen LogP contribution in [-0.4, -0.2) is 24.3 Å². The molecule has 1 unspecified atom stereocenters. The average Bonchev–Trinajstić information content (AvgIpc) is 2.51. The fourth-order valence-electron chi connectivity index (χ4n) is 2.67. The first kappa shape index (κ1) is 14.5. The molecule has 0 aliphatic carbocycles. The van der Waals surface area contributed by atoms with E-state index in [2.05, 4.69) is 5.32 Å². The number of ketones is 1. The van der Waals surface area contributed by atoms with E-state index in [0.29, 0.717) is 17.5 Å². The van der Waals surface area contributed by atoms with Crippen molar-refractivity contribution in [2.24, 2.45) is 5.73 Å². The summed E-state index contributed by atoms with van der Waals surface area (Å²) in [7, 11) is 0. The molecule has 2 aromatic rings. The van der Waals surface area contributed by atoms with E-state index in [0.717, 1.165) is 24.1 Å². The summed E-state index contributed by atoms with van der Waals surface area (Å²) in [5, 5.41) is 3.25. The third-order valence-electron chi connectivity index (χ3n) is 4.04. The number of rotatable bonds is 5. The van der Waals surface area contributed by atoms with Gasteiger partial charge in [-0.05, 0) is 36.2 Å². The van der Waals surface area contributed by atoms with Gasteiger partial charge in [0.2, 0.25) is 5.91 Å². The molecule has 0 aromatic heterocycles. The summed E-state index contributed by atoms with van der Waals surface area (Å²) in [6, 6.07) is 14.9. The number of primary amides is 1. The lowest BCUT2D eigenvalue weighted by atomic mass is 9.91. The van der Waals surface area contributed by atoms with E-state index in [-0.39, 0.29) is 11.8 Å². The zero-order valence-electron chi connectivity index (χ0n) is 12.2. The predicted octanol–water partition coefficient (Wildman–Crippen LogP) is 2.39. The van der Waals surface area contributed by atoms with Gasteiger partial charge in [-0.3, -0.25) is 9.59 Å². The summed E-state index contributed by atoms with van der Waals surface area (Å²) in [6.07, 6.45) is 1.55. The number of carbonyl (C=O) groups is 2. The average molecular weight is 294 g/mol. The number of hydrogen-bond donors (Lipinski definition) is 2. The molecule has 1 fully saturated rings. The van der Waals surface area contributed by atoms with E-state index in [4.69, 9.17) is 5.73 Å². The van der Waals surface area contributed by atoms with Crippen molar-refractivity contribution < 1.29 is 9.59 Å². The lowest BCUT2D eigenvalue weighted by Crippen LogP contribution is -2.44. The van der Waals surface area contributed by atoms with Crippen LogP contribution in [0.3, 0.4) is 0 Å². The lowest BCUT2D eigenvalue weighted by molar-refractivity contribution is 0.0955. The number of Topliss-reactive ketones (excluding diaryl/α,β-unsaturated/α-hetero) is 1. The minimum Gasteiger partial charge on any atom is -0.366 e. The van der Waals surface area contributed by atoms with Crippen LogP contribution in [-0.2, 0) is 0 Å². The van der Waals surface area contributed by atoms with Crippen molar-refractivity contribution in [3.63, 3.8) is 0 Å². The van der Waals surface area contributed by atoms with Gasteiger partial charge in [-0.25, -0.2) is 0 Å². The Bertz CT molecular complexity index is 721. The van der Waals surface area contributed by atoms with Gasteiger partial charge in [0, 0.05) is 23.6 Å². The van der Waals surface area contributed by atoms with Gasteiger partial charge >= 0.3 is 0 Å². The molecule has 1 atom stereocenters. The molecular weight excluding hydrogens is 276 g/mol. The quantitative estimate of drug-likeness (QED) is 0.832. The minimum absolute atomic E-state index is 0.122. The van der Waals surface area contributed by atoms with Crippen LogP contribution in [0.25, 0.3) is 11.1 Å². The highest BCUT2D eigenvalue weighted by molar-refractivity contribution is 6.03. The summed E-state index contributed by atoms with van der Waals surface area (Å²) in [4.78, 5) is 23.9. The number of amides is 1. The van der Waals surface area contributed by atoms with Crippen LogP contribution in [0.4, 0.5) is 0 Å². The highest BCUT2D eigenvalue weighted by Gasteiger charge is 2.22. The molecule has 2 aromatic carbocycles. The van der Waals surface area contributed by atoms with Gasteiger partial charge in [-0.15, -0.1) is 0 Å². The molecular formula is C18H18N2O2. The molecule has 0 radical (unpaired) electrons. The third kappa shape index (κ3) is 2.92. The fourth-order valence-corrected chi connectivity index (χ4v) is 2.67. The molecule has 0 spiro atoms. The second kappa shape index (κ2) is 6.12. The van der Waals surface area contributed by atoms with E-state index in [1.165, 1.54) is 0 Å². The fraction of sp³-hybridized carbons (Fsp3) is 0.222. The molecule has 4 heteroatoms. The van der Waals surface area contributed by atoms with E-state index in [1.807, 2.05) is 30.3 Å². The Labute approximate surface area is 129 Å². The number of nitrogens with two attached hydrogens (primary N) is 1.